The molecule has 4 nitrogen and oxygen atoms in total. The fourth-order valence-corrected chi connectivity index (χ4v) is 1.63. The molecular formula is C12H18N2O2. The molecule has 16 heavy (non-hydrogen) atoms. The fourth-order valence-electron chi connectivity index (χ4n) is 1.63. The first kappa shape index (κ1) is 12.6. The number of hydrogen-bond donors (Lipinski definition) is 1. The van der Waals surface area contributed by atoms with E-state index in [-0.39, 0.29) is 10.6 Å². The second-order valence-electron chi connectivity index (χ2n) is 4.19. The molecule has 0 bridgehead atoms. The molecule has 2 unspecified atom stereocenters. The number of hydrogen-bond acceptors (Lipinski definition) is 3. The second kappa shape index (κ2) is 5.61. The van der Waals surface area contributed by atoms with Gasteiger partial charge in [0.05, 0.1) is 4.92 Å². The zero-order valence-corrected chi connectivity index (χ0v) is 9.93. The lowest BCUT2D eigenvalue weighted by Crippen LogP contribution is -2.29. The monoisotopic (exact) mass is 222 g/mol. The van der Waals surface area contributed by atoms with Gasteiger partial charge < -0.3 is 5.32 Å². The van der Waals surface area contributed by atoms with E-state index in [1.807, 2.05) is 13.1 Å². The molecule has 0 radical (unpaired) electrons. The molecule has 2 atom stereocenters. The van der Waals surface area contributed by atoms with E-state index in [0.29, 0.717) is 12.0 Å². The lowest BCUT2D eigenvalue weighted by molar-refractivity contribution is -0.384. The second-order valence-corrected chi connectivity index (χ2v) is 4.19. The van der Waals surface area contributed by atoms with Crippen LogP contribution < -0.4 is 5.32 Å². The Bertz CT molecular complexity index is 366. The number of nitrogens with one attached hydrogen (secondary N) is 1. The summed E-state index contributed by atoms with van der Waals surface area (Å²) < 4.78 is 0. The van der Waals surface area contributed by atoms with E-state index >= 15 is 0 Å². The summed E-state index contributed by atoms with van der Waals surface area (Å²) in [6.45, 7) is 4.25. The third kappa shape index (κ3) is 3.31. The summed E-state index contributed by atoms with van der Waals surface area (Å²) in [6, 6.07) is 7.25. The molecule has 1 aromatic carbocycles. The number of non-ortho nitro benzene ring substituents is 1. The van der Waals surface area contributed by atoms with Crippen LogP contribution in [0.4, 0.5) is 5.69 Å². The smallest absolute Gasteiger partial charge is 0.269 e. The molecule has 1 N–H and O–H groups in total. The van der Waals surface area contributed by atoms with Gasteiger partial charge in [-0.3, -0.25) is 10.1 Å². The molecule has 88 valence electrons. The third-order valence-corrected chi connectivity index (χ3v) is 2.99. The predicted molar refractivity (Wildman–Crippen MR) is 64.5 cm³/mol. The van der Waals surface area contributed by atoms with Crippen LogP contribution in [0.3, 0.4) is 0 Å². The lowest BCUT2D eigenvalue weighted by Gasteiger charge is -2.18. The molecule has 0 aromatic heterocycles. The molecule has 0 aliphatic rings. The molecular weight excluding hydrogens is 204 g/mol. The van der Waals surface area contributed by atoms with Crippen LogP contribution in [-0.2, 0) is 6.42 Å². The van der Waals surface area contributed by atoms with Crippen molar-refractivity contribution in [2.75, 3.05) is 7.05 Å². The first-order valence-electron chi connectivity index (χ1n) is 5.45. The highest BCUT2D eigenvalue weighted by Gasteiger charge is 2.12. The van der Waals surface area contributed by atoms with Crippen LogP contribution in [-0.4, -0.2) is 18.0 Å². The number of nitrogens with zero attached hydrogens (tertiary/aromatic N) is 1. The number of benzene rings is 1. The van der Waals surface area contributed by atoms with Gasteiger partial charge in [0.25, 0.3) is 5.69 Å². The maximum Gasteiger partial charge on any atom is 0.269 e. The topological polar surface area (TPSA) is 55.2 Å². The zero-order valence-electron chi connectivity index (χ0n) is 9.93. The largest absolute Gasteiger partial charge is 0.317 e. The van der Waals surface area contributed by atoms with Gasteiger partial charge in [-0.1, -0.05) is 19.1 Å². The van der Waals surface area contributed by atoms with Crippen LogP contribution in [0.2, 0.25) is 0 Å². The first-order chi connectivity index (χ1) is 7.54. The Morgan fingerprint density at radius 3 is 2.69 bits per heavy atom. The highest BCUT2D eigenvalue weighted by molar-refractivity contribution is 5.34. The minimum Gasteiger partial charge on any atom is -0.317 e. The van der Waals surface area contributed by atoms with E-state index in [4.69, 9.17) is 0 Å². The highest BCUT2D eigenvalue weighted by Crippen LogP contribution is 2.17. The summed E-state index contributed by atoms with van der Waals surface area (Å²) in [6.07, 6.45) is 0.851. The van der Waals surface area contributed by atoms with Gasteiger partial charge in [0.15, 0.2) is 0 Å². The summed E-state index contributed by atoms with van der Waals surface area (Å²) >= 11 is 0. The van der Waals surface area contributed by atoms with Gasteiger partial charge in [0.1, 0.15) is 0 Å². The first-order valence-corrected chi connectivity index (χ1v) is 5.45. The van der Waals surface area contributed by atoms with Crippen LogP contribution in [0.25, 0.3) is 0 Å². The van der Waals surface area contributed by atoms with Crippen molar-refractivity contribution < 1.29 is 4.92 Å². The van der Waals surface area contributed by atoms with E-state index in [1.54, 1.807) is 12.1 Å². The van der Waals surface area contributed by atoms with Crippen molar-refractivity contribution in [2.45, 2.75) is 26.3 Å². The maximum absolute atomic E-state index is 10.6. The molecule has 0 spiro atoms. The molecule has 0 amide bonds. The molecule has 0 heterocycles. The quantitative estimate of drug-likeness (QED) is 0.614. The standard InChI is InChI=1S/C12H18N2O2/c1-9(10(2)13-3)7-11-5-4-6-12(8-11)14(15)16/h4-6,8-10,13H,7H2,1-3H3. The van der Waals surface area contributed by atoms with Crippen molar-refractivity contribution in [1.82, 2.24) is 5.32 Å². The Kier molecular flexibility index (Phi) is 4.43. The predicted octanol–water partition coefficient (Wildman–Crippen LogP) is 2.38. The average molecular weight is 222 g/mol. The molecule has 0 aliphatic heterocycles. The van der Waals surface area contributed by atoms with E-state index in [9.17, 15) is 10.1 Å². The van der Waals surface area contributed by atoms with Gasteiger partial charge in [-0.15, -0.1) is 0 Å². The third-order valence-electron chi connectivity index (χ3n) is 2.99. The van der Waals surface area contributed by atoms with Crippen LogP contribution in [0, 0.1) is 16.0 Å². The van der Waals surface area contributed by atoms with Gasteiger partial charge in [-0.2, -0.15) is 0 Å². The Hall–Kier alpha value is -1.42. The maximum atomic E-state index is 10.6. The van der Waals surface area contributed by atoms with Crippen molar-refractivity contribution in [3.63, 3.8) is 0 Å². The Labute approximate surface area is 95.8 Å². The molecule has 0 saturated carbocycles. The summed E-state index contributed by atoms with van der Waals surface area (Å²) in [5.41, 5.74) is 1.19. The van der Waals surface area contributed by atoms with Crippen LogP contribution in [0.5, 0.6) is 0 Å². The molecule has 0 fully saturated rings. The van der Waals surface area contributed by atoms with Crippen LogP contribution >= 0.6 is 0 Å². The van der Waals surface area contributed by atoms with Gasteiger partial charge in [0, 0.05) is 18.2 Å². The Balaban J connectivity index is 2.74. The number of nitro benzene ring substituents is 1. The fraction of sp³-hybridized carbons (Fsp3) is 0.500. The van der Waals surface area contributed by atoms with Gasteiger partial charge in [-0.25, -0.2) is 0 Å². The summed E-state index contributed by atoms with van der Waals surface area (Å²) in [5.74, 6) is 0.451. The van der Waals surface area contributed by atoms with E-state index in [1.165, 1.54) is 6.07 Å². The zero-order chi connectivity index (χ0) is 12.1. The summed E-state index contributed by atoms with van der Waals surface area (Å²) in [7, 11) is 1.93. The molecule has 0 saturated heterocycles. The minimum absolute atomic E-state index is 0.168. The molecule has 1 rings (SSSR count). The van der Waals surface area contributed by atoms with Crippen molar-refractivity contribution in [3.8, 4) is 0 Å². The summed E-state index contributed by atoms with van der Waals surface area (Å²) in [4.78, 5) is 10.3. The van der Waals surface area contributed by atoms with E-state index < -0.39 is 0 Å². The van der Waals surface area contributed by atoms with Crippen molar-refractivity contribution in [1.29, 1.82) is 0 Å². The molecule has 0 aliphatic carbocycles. The van der Waals surface area contributed by atoms with Crippen molar-refractivity contribution in [3.05, 3.63) is 39.9 Å². The van der Waals surface area contributed by atoms with Gasteiger partial charge in [0.2, 0.25) is 0 Å². The highest BCUT2D eigenvalue weighted by atomic mass is 16.6. The van der Waals surface area contributed by atoms with Crippen molar-refractivity contribution in [2.24, 2.45) is 5.92 Å². The normalized spacial score (nSPS) is 14.4. The lowest BCUT2D eigenvalue weighted by atomic mass is 9.95. The average Bonchev–Trinajstić information content (AvgIpc) is 2.28. The van der Waals surface area contributed by atoms with Crippen molar-refractivity contribution >= 4 is 5.69 Å². The minimum atomic E-state index is -0.352. The Morgan fingerprint density at radius 1 is 1.44 bits per heavy atom. The number of nitro groups is 1. The SMILES string of the molecule is CNC(C)C(C)Cc1cccc([N+](=O)[O-])c1. The van der Waals surface area contributed by atoms with Gasteiger partial charge in [-0.05, 0) is 31.9 Å². The summed E-state index contributed by atoms with van der Waals surface area (Å²) in [5, 5.41) is 13.8. The van der Waals surface area contributed by atoms with E-state index in [2.05, 4.69) is 19.2 Å². The Morgan fingerprint density at radius 2 is 2.12 bits per heavy atom. The molecule has 4 heteroatoms. The van der Waals surface area contributed by atoms with E-state index in [0.717, 1.165) is 12.0 Å². The van der Waals surface area contributed by atoms with Crippen LogP contribution in [0.15, 0.2) is 24.3 Å². The van der Waals surface area contributed by atoms with Crippen LogP contribution in [0.1, 0.15) is 19.4 Å². The molecule has 1 aromatic rings. The number of rotatable bonds is 5. The van der Waals surface area contributed by atoms with Gasteiger partial charge >= 0.3 is 0 Å².